The molecular formula is C14H17NO4. The molecule has 1 aliphatic heterocycles. The van der Waals surface area contributed by atoms with Gasteiger partial charge in [-0.25, -0.2) is 0 Å². The van der Waals surface area contributed by atoms with E-state index in [-0.39, 0.29) is 18.4 Å². The van der Waals surface area contributed by atoms with E-state index in [0.29, 0.717) is 12.3 Å². The minimum absolute atomic E-state index is 0.205. The van der Waals surface area contributed by atoms with Crippen molar-refractivity contribution in [2.75, 3.05) is 11.9 Å². The predicted octanol–water partition coefficient (Wildman–Crippen LogP) is 1.90. The molecule has 1 amide bonds. The summed E-state index contributed by atoms with van der Waals surface area (Å²) in [6.45, 7) is 0.597. The van der Waals surface area contributed by atoms with Crippen molar-refractivity contribution in [2.24, 2.45) is 5.92 Å². The molecule has 5 heteroatoms. The fourth-order valence-corrected chi connectivity index (χ4v) is 2.26. The Balaban J connectivity index is 2.04. The van der Waals surface area contributed by atoms with Crippen molar-refractivity contribution in [1.82, 2.24) is 0 Å². The highest BCUT2D eigenvalue weighted by atomic mass is 16.5. The SMILES string of the molecule is O=C(O)C[C@H](C(=O)Nc1ccccc1)[C@H]1CCCO1. The third-order valence-corrected chi connectivity index (χ3v) is 3.19. The van der Waals surface area contributed by atoms with Gasteiger partial charge in [0, 0.05) is 12.3 Å². The van der Waals surface area contributed by atoms with Crippen molar-refractivity contribution < 1.29 is 19.4 Å². The first-order valence-corrected chi connectivity index (χ1v) is 6.36. The van der Waals surface area contributed by atoms with Gasteiger partial charge in [0.2, 0.25) is 5.91 Å². The van der Waals surface area contributed by atoms with Crippen LogP contribution < -0.4 is 5.32 Å². The van der Waals surface area contributed by atoms with Gasteiger partial charge in [-0.2, -0.15) is 0 Å². The fraction of sp³-hybridized carbons (Fsp3) is 0.429. The highest BCUT2D eigenvalue weighted by Crippen LogP contribution is 2.24. The maximum atomic E-state index is 12.2. The monoisotopic (exact) mass is 263 g/mol. The minimum atomic E-state index is -0.983. The van der Waals surface area contributed by atoms with Crippen LogP contribution in [0.4, 0.5) is 5.69 Å². The summed E-state index contributed by atoms with van der Waals surface area (Å²) in [6, 6.07) is 9.02. The number of carboxylic acid groups (broad SMARTS) is 1. The van der Waals surface area contributed by atoms with E-state index in [1.807, 2.05) is 18.2 Å². The second-order valence-corrected chi connectivity index (χ2v) is 4.61. The molecule has 102 valence electrons. The topological polar surface area (TPSA) is 75.6 Å². The molecule has 0 bridgehead atoms. The molecule has 0 aliphatic carbocycles. The predicted molar refractivity (Wildman–Crippen MR) is 69.8 cm³/mol. The van der Waals surface area contributed by atoms with Crippen molar-refractivity contribution >= 4 is 17.6 Å². The van der Waals surface area contributed by atoms with Crippen LogP contribution in [0.3, 0.4) is 0 Å². The lowest BCUT2D eigenvalue weighted by molar-refractivity contribution is -0.142. The Morgan fingerprint density at radius 1 is 1.37 bits per heavy atom. The van der Waals surface area contributed by atoms with Gasteiger partial charge >= 0.3 is 5.97 Å². The maximum absolute atomic E-state index is 12.2. The number of aliphatic carboxylic acids is 1. The van der Waals surface area contributed by atoms with Gasteiger partial charge < -0.3 is 15.2 Å². The standard InChI is InChI=1S/C14H17NO4/c16-13(17)9-11(12-7-4-8-19-12)14(18)15-10-5-2-1-3-6-10/h1-3,5-6,11-12H,4,7-9H2,(H,15,18)(H,16,17)/t11-,12+/m0/s1. The van der Waals surface area contributed by atoms with Gasteiger partial charge in [-0.3, -0.25) is 9.59 Å². The summed E-state index contributed by atoms with van der Waals surface area (Å²) in [5, 5.41) is 11.7. The number of carboxylic acids is 1. The van der Waals surface area contributed by atoms with E-state index >= 15 is 0 Å². The molecule has 1 fully saturated rings. The molecule has 1 aliphatic rings. The number of anilines is 1. The van der Waals surface area contributed by atoms with Crippen LogP contribution in [0.25, 0.3) is 0 Å². The number of carbonyl (C=O) groups excluding carboxylic acids is 1. The summed E-state index contributed by atoms with van der Waals surface area (Å²) in [5.41, 5.74) is 0.667. The second-order valence-electron chi connectivity index (χ2n) is 4.61. The molecule has 2 atom stereocenters. The van der Waals surface area contributed by atoms with Crippen LogP contribution in [0, 0.1) is 5.92 Å². The van der Waals surface area contributed by atoms with Crippen LogP contribution in [0.15, 0.2) is 30.3 Å². The number of ether oxygens (including phenoxy) is 1. The number of nitrogens with one attached hydrogen (secondary N) is 1. The van der Waals surface area contributed by atoms with E-state index < -0.39 is 11.9 Å². The summed E-state index contributed by atoms with van der Waals surface area (Å²) in [5.74, 6) is -1.91. The normalized spacial score (nSPS) is 19.9. The lowest BCUT2D eigenvalue weighted by atomic mass is 9.95. The summed E-state index contributed by atoms with van der Waals surface area (Å²) >= 11 is 0. The Morgan fingerprint density at radius 2 is 2.11 bits per heavy atom. The first kappa shape index (κ1) is 13.5. The number of para-hydroxylation sites is 1. The lowest BCUT2D eigenvalue weighted by Crippen LogP contribution is -2.34. The van der Waals surface area contributed by atoms with Gasteiger partial charge in [0.25, 0.3) is 0 Å². The van der Waals surface area contributed by atoms with Crippen molar-refractivity contribution in [3.8, 4) is 0 Å². The zero-order valence-corrected chi connectivity index (χ0v) is 10.5. The summed E-state index contributed by atoms with van der Waals surface area (Å²) in [4.78, 5) is 23.1. The van der Waals surface area contributed by atoms with Crippen molar-refractivity contribution in [3.05, 3.63) is 30.3 Å². The Bertz CT molecular complexity index is 440. The first-order chi connectivity index (χ1) is 9.16. The van der Waals surface area contributed by atoms with Crippen molar-refractivity contribution in [2.45, 2.75) is 25.4 Å². The number of hydrogen-bond donors (Lipinski definition) is 2. The molecule has 1 heterocycles. The average molecular weight is 263 g/mol. The van der Waals surface area contributed by atoms with Crippen molar-refractivity contribution in [3.63, 3.8) is 0 Å². The molecule has 1 aromatic rings. The van der Waals surface area contributed by atoms with Gasteiger partial charge in [0.15, 0.2) is 0 Å². The number of amides is 1. The molecule has 0 radical (unpaired) electrons. The molecule has 0 saturated carbocycles. The van der Waals surface area contributed by atoms with E-state index in [4.69, 9.17) is 9.84 Å². The van der Waals surface area contributed by atoms with Crippen LogP contribution in [-0.2, 0) is 14.3 Å². The number of benzene rings is 1. The molecule has 0 aromatic heterocycles. The van der Waals surface area contributed by atoms with Gasteiger partial charge in [-0.05, 0) is 25.0 Å². The number of rotatable bonds is 5. The molecule has 19 heavy (non-hydrogen) atoms. The van der Waals surface area contributed by atoms with Gasteiger partial charge in [0.1, 0.15) is 0 Å². The molecule has 2 N–H and O–H groups in total. The molecule has 0 spiro atoms. The van der Waals surface area contributed by atoms with Crippen LogP contribution in [0.5, 0.6) is 0 Å². The van der Waals surface area contributed by atoms with Gasteiger partial charge in [0.05, 0.1) is 18.4 Å². The second kappa shape index (κ2) is 6.33. The zero-order valence-electron chi connectivity index (χ0n) is 10.5. The first-order valence-electron chi connectivity index (χ1n) is 6.36. The molecule has 1 saturated heterocycles. The Hall–Kier alpha value is -1.88. The molecule has 0 unspecified atom stereocenters. The van der Waals surface area contributed by atoms with E-state index in [1.165, 1.54) is 0 Å². The van der Waals surface area contributed by atoms with E-state index in [0.717, 1.165) is 12.8 Å². The highest BCUT2D eigenvalue weighted by Gasteiger charge is 2.33. The van der Waals surface area contributed by atoms with Gasteiger partial charge in [-0.1, -0.05) is 18.2 Å². The fourth-order valence-electron chi connectivity index (χ4n) is 2.26. The number of hydrogen-bond acceptors (Lipinski definition) is 3. The summed E-state index contributed by atoms with van der Waals surface area (Å²) < 4.78 is 5.45. The minimum Gasteiger partial charge on any atom is -0.481 e. The van der Waals surface area contributed by atoms with E-state index in [9.17, 15) is 9.59 Å². The third-order valence-electron chi connectivity index (χ3n) is 3.19. The Kier molecular flexibility index (Phi) is 4.52. The van der Waals surface area contributed by atoms with E-state index in [1.54, 1.807) is 12.1 Å². The molecule has 5 nitrogen and oxygen atoms in total. The number of carbonyl (C=O) groups is 2. The van der Waals surface area contributed by atoms with Crippen LogP contribution in [-0.4, -0.2) is 29.7 Å². The van der Waals surface area contributed by atoms with E-state index in [2.05, 4.69) is 5.32 Å². The molecule has 1 aromatic carbocycles. The maximum Gasteiger partial charge on any atom is 0.304 e. The van der Waals surface area contributed by atoms with Crippen molar-refractivity contribution in [1.29, 1.82) is 0 Å². The van der Waals surface area contributed by atoms with Crippen LogP contribution in [0.2, 0.25) is 0 Å². The average Bonchev–Trinajstić information content (AvgIpc) is 2.90. The summed E-state index contributed by atoms with van der Waals surface area (Å²) in [6.07, 6.45) is 1.11. The smallest absolute Gasteiger partial charge is 0.304 e. The quantitative estimate of drug-likeness (QED) is 0.850. The Morgan fingerprint density at radius 3 is 2.68 bits per heavy atom. The molecule has 2 rings (SSSR count). The summed E-state index contributed by atoms with van der Waals surface area (Å²) in [7, 11) is 0. The third kappa shape index (κ3) is 3.79. The van der Waals surface area contributed by atoms with Gasteiger partial charge in [-0.15, -0.1) is 0 Å². The van der Waals surface area contributed by atoms with Crippen LogP contribution >= 0.6 is 0 Å². The largest absolute Gasteiger partial charge is 0.481 e. The zero-order chi connectivity index (χ0) is 13.7. The Labute approximate surface area is 111 Å². The molecular weight excluding hydrogens is 246 g/mol. The highest BCUT2D eigenvalue weighted by molar-refractivity contribution is 5.94. The lowest BCUT2D eigenvalue weighted by Gasteiger charge is -2.20. The van der Waals surface area contributed by atoms with Crippen LogP contribution in [0.1, 0.15) is 19.3 Å².